The van der Waals surface area contributed by atoms with E-state index in [0.29, 0.717) is 4.47 Å². The van der Waals surface area contributed by atoms with Gasteiger partial charge in [-0.25, -0.2) is 4.39 Å². The average Bonchev–Trinajstić information content (AvgIpc) is 2.30. The minimum absolute atomic E-state index is 0.0437. The molecule has 0 atom stereocenters. The van der Waals surface area contributed by atoms with Crippen LogP contribution in [-0.2, 0) is 15.0 Å². The zero-order valence-electron chi connectivity index (χ0n) is 9.93. The van der Waals surface area contributed by atoms with Crippen molar-refractivity contribution in [3.63, 3.8) is 0 Å². The van der Waals surface area contributed by atoms with Crippen LogP contribution in [-0.4, -0.2) is 37.4 Å². The second-order valence-corrected chi connectivity index (χ2v) is 6.33. The number of benzene rings is 1. The first kappa shape index (κ1) is 15.9. The Bertz CT molecular complexity index is 579. The molecule has 9 heteroatoms. The Morgan fingerprint density at radius 2 is 2.16 bits per heavy atom. The summed E-state index contributed by atoms with van der Waals surface area (Å²) in [7, 11) is -2.69. The second-order valence-electron chi connectivity index (χ2n) is 3.70. The number of carboxylic acid groups (broad SMARTS) is 1. The largest absolute Gasteiger partial charge is 0.481 e. The van der Waals surface area contributed by atoms with Crippen molar-refractivity contribution in [2.45, 2.75) is 6.42 Å². The number of halogens is 2. The van der Waals surface area contributed by atoms with Crippen LogP contribution in [0.25, 0.3) is 0 Å². The van der Waals surface area contributed by atoms with Gasteiger partial charge in [-0.15, -0.1) is 0 Å². The first-order valence-corrected chi connectivity index (χ1v) is 7.36. The normalized spacial score (nSPS) is 11.6. The first-order valence-electron chi connectivity index (χ1n) is 5.13. The Morgan fingerprint density at radius 1 is 1.53 bits per heavy atom. The fraction of sp³-hybridized carbons (Fsp3) is 0.300. The van der Waals surface area contributed by atoms with Crippen LogP contribution in [0.15, 0.2) is 22.7 Å². The highest BCUT2D eigenvalue weighted by molar-refractivity contribution is 9.10. The number of hydrogen-bond donors (Lipinski definition) is 2. The van der Waals surface area contributed by atoms with Gasteiger partial charge in [0.15, 0.2) is 0 Å². The Kier molecular flexibility index (Phi) is 5.27. The summed E-state index contributed by atoms with van der Waals surface area (Å²) < 4.78 is 40.1. The van der Waals surface area contributed by atoms with E-state index in [0.717, 1.165) is 10.4 Å². The topological polar surface area (TPSA) is 86.7 Å². The Morgan fingerprint density at radius 3 is 2.74 bits per heavy atom. The van der Waals surface area contributed by atoms with Crippen molar-refractivity contribution in [2.75, 3.05) is 18.3 Å². The molecular formula is C10H12BrFN2O4S. The summed E-state index contributed by atoms with van der Waals surface area (Å²) >= 11 is 3.09. The SMILES string of the molecule is CN(CCC(=O)O)S(=O)(=O)Nc1cc(F)ccc1Br. The number of nitrogens with zero attached hydrogens (tertiary/aromatic N) is 1. The number of rotatable bonds is 6. The van der Waals surface area contributed by atoms with Gasteiger partial charge in [0.2, 0.25) is 0 Å². The maximum Gasteiger partial charge on any atom is 0.304 e. The molecule has 0 bridgehead atoms. The molecule has 0 aromatic heterocycles. The molecular weight excluding hydrogens is 343 g/mol. The molecule has 0 saturated heterocycles. The highest BCUT2D eigenvalue weighted by Crippen LogP contribution is 2.24. The highest BCUT2D eigenvalue weighted by atomic mass is 79.9. The monoisotopic (exact) mass is 354 g/mol. The molecule has 6 nitrogen and oxygen atoms in total. The third-order valence-corrected chi connectivity index (χ3v) is 4.39. The molecule has 0 heterocycles. The summed E-state index contributed by atoms with van der Waals surface area (Å²) in [4.78, 5) is 10.4. The fourth-order valence-electron chi connectivity index (χ4n) is 1.17. The number of hydrogen-bond acceptors (Lipinski definition) is 3. The van der Waals surface area contributed by atoms with Crippen molar-refractivity contribution in [3.8, 4) is 0 Å². The molecule has 0 unspecified atom stereocenters. The minimum atomic E-state index is -3.92. The number of nitrogens with one attached hydrogen (secondary N) is 1. The third-order valence-electron chi connectivity index (χ3n) is 2.22. The van der Waals surface area contributed by atoms with Gasteiger partial charge in [-0.2, -0.15) is 12.7 Å². The lowest BCUT2D eigenvalue weighted by Crippen LogP contribution is -2.34. The molecule has 0 saturated carbocycles. The van der Waals surface area contributed by atoms with E-state index in [1.54, 1.807) is 0 Å². The van der Waals surface area contributed by atoms with Crippen LogP contribution in [0.5, 0.6) is 0 Å². The lowest BCUT2D eigenvalue weighted by molar-refractivity contribution is -0.137. The third kappa shape index (κ3) is 4.77. The summed E-state index contributed by atoms with van der Waals surface area (Å²) in [6.45, 7) is -0.183. The van der Waals surface area contributed by atoms with Gasteiger partial charge in [-0.05, 0) is 34.1 Å². The van der Waals surface area contributed by atoms with Crippen LogP contribution < -0.4 is 4.72 Å². The zero-order chi connectivity index (χ0) is 14.6. The van der Waals surface area contributed by atoms with Gasteiger partial charge in [0, 0.05) is 18.1 Å². The van der Waals surface area contributed by atoms with E-state index in [4.69, 9.17) is 5.11 Å². The van der Waals surface area contributed by atoms with Crippen molar-refractivity contribution in [2.24, 2.45) is 0 Å². The average molecular weight is 355 g/mol. The molecule has 19 heavy (non-hydrogen) atoms. The molecule has 0 aliphatic carbocycles. The van der Waals surface area contributed by atoms with Gasteiger partial charge in [0.1, 0.15) is 5.82 Å². The molecule has 0 amide bonds. The fourth-order valence-corrected chi connectivity index (χ4v) is 2.58. The van der Waals surface area contributed by atoms with Crippen molar-refractivity contribution in [3.05, 3.63) is 28.5 Å². The van der Waals surface area contributed by atoms with Crippen molar-refractivity contribution in [1.29, 1.82) is 0 Å². The van der Waals surface area contributed by atoms with Crippen LogP contribution in [0.4, 0.5) is 10.1 Å². The van der Waals surface area contributed by atoms with Crippen LogP contribution in [0, 0.1) is 5.82 Å². The molecule has 0 radical (unpaired) electrons. The Labute approximate surface area is 118 Å². The molecule has 0 aliphatic rings. The predicted molar refractivity (Wildman–Crippen MR) is 71.5 cm³/mol. The van der Waals surface area contributed by atoms with Crippen LogP contribution >= 0.6 is 15.9 Å². The van der Waals surface area contributed by atoms with E-state index in [-0.39, 0.29) is 18.7 Å². The van der Waals surface area contributed by atoms with Gasteiger partial charge in [-0.1, -0.05) is 0 Å². The molecule has 0 spiro atoms. The van der Waals surface area contributed by atoms with E-state index in [1.807, 2.05) is 0 Å². The second kappa shape index (κ2) is 6.31. The zero-order valence-corrected chi connectivity index (χ0v) is 12.3. The van der Waals surface area contributed by atoms with E-state index >= 15 is 0 Å². The molecule has 1 aromatic carbocycles. The molecule has 1 aromatic rings. The number of carboxylic acids is 1. The van der Waals surface area contributed by atoms with Crippen LogP contribution in [0.1, 0.15) is 6.42 Å². The minimum Gasteiger partial charge on any atom is -0.481 e. The number of aliphatic carboxylic acids is 1. The smallest absolute Gasteiger partial charge is 0.304 e. The maximum atomic E-state index is 13.0. The van der Waals surface area contributed by atoms with E-state index in [2.05, 4.69) is 20.7 Å². The van der Waals surface area contributed by atoms with E-state index < -0.39 is 22.0 Å². The lowest BCUT2D eigenvalue weighted by atomic mass is 10.3. The van der Waals surface area contributed by atoms with Gasteiger partial charge in [0.25, 0.3) is 0 Å². The van der Waals surface area contributed by atoms with Gasteiger partial charge >= 0.3 is 16.2 Å². The molecule has 0 fully saturated rings. The summed E-state index contributed by atoms with van der Waals surface area (Å²) in [6, 6.07) is 3.56. The first-order chi connectivity index (χ1) is 8.72. The predicted octanol–water partition coefficient (Wildman–Crippen LogP) is 1.65. The maximum absolute atomic E-state index is 13.0. The standard InChI is InChI=1S/C10H12BrFN2O4S/c1-14(5-4-10(15)16)19(17,18)13-9-6-7(12)2-3-8(9)11/h2-3,6,13H,4-5H2,1H3,(H,15,16). The summed E-state index contributed by atoms with van der Waals surface area (Å²) in [5.74, 6) is -1.69. The van der Waals surface area contributed by atoms with Crippen molar-refractivity contribution < 1.29 is 22.7 Å². The van der Waals surface area contributed by atoms with Gasteiger partial charge < -0.3 is 5.11 Å². The van der Waals surface area contributed by atoms with Gasteiger partial charge in [-0.3, -0.25) is 9.52 Å². The Hall–Kier alpha value is -1.19. The summed E-state index contributed by atoms with van der Waals surface area (Å²) in [5, 5.41) is 8.50. The van der Waals surface area contributed by atoms with E-state index in [9.17, 15) is 17.6 Å². The number of carbonyl (C=O) groups is 1. The summed E-state index contributed by atoms with van der Waals surface area (Å²) in [5.41, 5.74) is 0.0437. The molecule has 106 valence electrons. The summed E-state index contributed by atoms with van der Waals surface area (Å²) in [6.07, 6.45) is -0.318. The molecule has 2 N–H and O–H groups in total. The number of anilines is 1. The van der Waals surface area contributed by atoms with Crippen LogP contribution in [0.2, 0.25) is 0 Å². The molecule has 1 rings (SSSR count). The van der Waals surface area contributed by atoms with Crippen molar-refractivity contribution in [1.82, 2.24) is 4.31 Å². The van der Waals surface area contributed by atoms with Crippen molar-refractivity contribution >= 4 is 37.8 Å². The quantitative estimate of drug-likeness (QED) is 0.813. The van der Waals surface area contributed by atoms with Gasteiger partial charge in [0.05, 0.1) is 12.1 Å². The molecule has 0 aliphatic heterocycles. The van der Waals surface area contributed by atoms with Crippen LogP contribution in [0.3, 0.4) is 0 Å². The van der Waals surface area contributed by atoms with E-state index in [1.165, 1.54) is 19.2 Å². The Balaban J connectivity index is 2.84. The highest BCUT2D eigenvalue weighted by Gasteiger charge is 2.19. The lowest BCUT2D eigenvalue weighted by Gasteiger charge is -2.18.